The number of hydrogen-bond acceptors (Lipinski definition) is 3. The molecule has 2 aliphatic heterocycles. The van der Waals surface area contributed by atoms with E-state index < -0.39 is 0 Å². The van der Waals surface area contributed by atoms with Crippen LogP contribution in [0.3, 0.4) is 0 Å². The molecule has 2 aromatic rings. The largest absolute Gasteiger partial charge is 0.372 e. The minimum absolute atomic E-state index is 0.111. The minimum Gasteiger partial charge on any atom is -0.372 e. The first-order valence-electron chi connectivity index (χ1n) is 10.1. The number of rotatable bonds is 4. The molecule has 3 nitrogen and oxygen atoms in total. The Kier molecular flexibility index (Phi) is 5.24. The van der Waals surface area contributed by atoms with Crippen molar-refractivity contribution in [3.63, 3.8) is 0 Å². The Morgan fingerprint density at radius 2 is 0.885 bits per heavy atom. The topological polar surface area (TPSA) is 23.6 Å². The highest BCUT2D eigenvalue weighted by atomic mass is 16.1. The third kappa shape index (κ3) is 3.77. The fraction of sp³-hybridized carbons (Fsp3) is 0.435. The van der Waals surface area contributed by atoms with E-state index in [2.05, 4.69) is 34.1 Å². The van der Waals surface area contributed by atoms with Crippen molar-refractivity contribution in [1.82, 2.24) is 0 Å². The number of anilines is 2. The standard InChI is InChI=1S/C23H28N2O/c26-23(19-7-11-21(12-8-19)24-15-3-1-4-16-24)20-9-13-22(14-10-20)25-17-5-2-6-18-25/h7-14H,1-6,15-18H2. The second-order valence-corrected chi connectivity index (χ2v) is 7.52. The number of carbonyl (C=O) groups is 1. The highest BCUT2D eigenvalue weighted by molar-refractivity contribution is 6.09. The van der Waals surface area contributed by atoms with Crippen molar-refractivity contribution in [3.05, 3.63) is 59.7 Å². The zero-order valence-corrected chi connectivity index (χ0v) is 15.5. The Bertz CT molecular complexity index is 660. The molecule has 0 aliphatic carbocycles. The van der Waals surface area contributed by atoms with Gasteiger partial charge >= 0.3 is 0 Å². The number of carbonyl (C=O) groups excluding carboxylic acids is 1. The predicted molar refractivity (Wildman–Crippen MR) is 108 cm³/mol. The SMILES string of the molecule is O=C(c1ccc(N2CCCCC2)cc1)c1ccc(N2CCCCC2)cc1. The summed E-state index contributed by atoms with van der Waals surface area (Å²) in [5, 5.41) is 0. The molecule has 2 heterocycles. The molecule has 0 unspecified atom stereocenters. The molecule has 2 aromatic carbocycles. The van der Waals surface area contributed by atoms with Gasteiger partial charge in [0.15, 0.2) is 5.78 Å². The molecule has 0 amide bonds. The molecule has 136 valence electrons. The number of piperidine rings is 2. The van der Waals surface area contributed by atoms with E-state index >= 15 is 0 Å². The van der Waals surface area contributed by atoms with Gasteiger partial charge in [0.25, 0.3) is 0 Å². The average Bonchev–Trinajstić information content (AvgIpc) is 2.75. The summed E-state index contributed by atoms with van der Waals surface area (Å²) in [6.07, 6.45) is 7.74. The molecule has 0 saturated carbocycles. The van der Waals surface area contributed by atoms with Crippen LogP contribution < -0.4 is 9.80 Å². The molecule has 26 heavy (non-hydrogen) atoms. The molecule has 3 heteroatoms. The van der Waals surface area contributed by atoms with Crippen molar-refractivity contribution in [3.8, 4) is 0 Å². The molecule has 0 aromatic heterocycles. The van der Waals surface area contributed by atoms with Gasteiger partial charge in [0, 0.05) is 48.7 Å². The third-order valence-electron chi connectivity index (χ3n) is 5.70. The van der Waals surface area contributed by atoms with E-state index in [1.54, 1.807) is 0 Å². The van der Waals surface area contributed by atoms with Gasteiger partial charge in [0.05, 0.1) is 0 Å². The van der Waals surface area contributed by atoms with Crippen molar-refractivity contribution in [2.24, 2.45) is 0 Å². The number of hydrogen-bond donors (Lipinski definition) is 0. The molecular weight excluding hydrogens is 320 g/mol. The van der Waals surface area contributed by atoms with Crippen LogP contribution in [0.5, 0.6) is 0 Å². The van der Waals surface area contributed by atoms with Gasteiger partial charge in [-0.25, -0.2) is 0 Å². The lowest BCUT2D eigenvalue weighted by Crippen LogP contribution is -2.29. The van der Waals surface area contributed by atoms with Crippen LogP contribution >= 0.6 is 0 Å². The molecule has 0 atom stereocenters. The van der Waals surface area contributed by atoms with E-state index in [0.717, 1.165) is 37.3 Å². The van der Waals surface area contributed by atoms with E-state index in [-0.39, 0.29) is 5.78 Å². The summed E-state index contributed by atoms with van der Waals surface area (Å²) in [6, 6.07) is 16.3. The Labute approximate surface area is 156 Å². The molecule has 0 N–H and O–H groups in total. The van der Waals surface area contributed by atoms with Crippen LogP contribution in [-0.4, -0.2) is 32.0 Å². The van der Waals surface area contributed by atoms with Crippen LogP contribution in [0.4, 0.5) is 11.4 Å². The Morgan fingerprint density at radius 1 is 0.538 bits per heavy atom. The van der Waals surface area contributed by atoms with Crippen LogP contribution in [0.25, 0.3) is 0 Å². The monoisotopic (exact) mass is 348 g/mol. The highest BCUT2D eigenvalue weighted by Gasteiger charge is 2.14. The maximum Gasteiger partial charge on any atom is 0.193 e. The predicted octanol–water partition coefficient (Wildman–Crippen LogP) is 4.90. The minimum atomic E-state index is 0.111. The third-order valence-corrected chi connectivity index (χ3v) is 5.70. The molecule has 2 aliphatic rings. The number of benzene rings is 2. The van der Waals surface area contributed by atoms with Crippen LogP contribution in [0, 0.1) is 0 Å². The van der Waals surface area contributed by atoms with Crippen LogP contribution in [0.1, 0.15) is 54.4 Å². The van der Waals surface area contributed by atoms with E-state index in [4.69, 9.17) is 0 Å². The molecule has 2 saturated heterocycles. The fourth-order valence-electron chi connectivity index (χ4n) is 4.12. The normalized spacial score (nSPS) is 18.0. The van der Waals surface area contributed by atoms with Crippen LogP contribution in [-0.2, 0) is 0 Å². The first kappa shape index (κ1) is 17.1. The molecule has 0 bridgehead atoms. The van der Waals surface area contributed by atoms with Crippen molar-refractivity contribution in [1.29, 1.82) is 0 Å². The number of ketones is 1. The average molecular weight is 348 g/mol. The molecule has 4 rings (SSSR count). The number of nitrogens with zero attached hydrogens (tertiary/aromatic N) is 2. The zero-order chi connectivity index (χ0) is 17.8. The van der Waals surface area contributed by atoms with E-state index in [0.29, 0.717) is 0 Å². The molecule has 2 fully saturated rings. The molecular formula is C23H28N2O. The van der Waals surface area contributed by atoms with Gasteiger partial charge in [0.2, 0.25) is 0 Å². The lowest BCUT2D eigenvalue weighted by Gasteiger charge is -2.29. The second kappa shape index (κ2) is 7.94. The summed E-state index contributed by atoms with van der Waals surface area (Å²) in [5.74, 6) is 0.111. The van der Waals surface area contributed by atoms with E-state index in [9.17, 15) is 4.79 Å². The summed E-state index contributed by atoms with van der Waals surface area (Å²) in [6.45, 7) is 4.52. The van der Waals surface area contributed by atoms with Gasteiger partial charge in [0.1, 0.15) is 0 Å². The summed E-state index contributed by atoms with van der Waals surface area (Å²) in [7, 11) is 0. The van der Waals surface area contributed by atoms with Gasteiger partial charge in [-0.2, -0.15) is 0 Å². The van der Waals surface area contributed by atoms with Gasteiger partial charge < -0.3 is 9.80 Å². The summed E-state index contributed by atoms with van der Waals surface area (Å²) < 4.78 is 0. The Balaban J connectivity index is 1.44. The molecule has 0 radical (unpaired) electrons. The maximum atomic E-state index is 12.8. The quantitative estimate of drug-likeness (QED) is 0.734. The van der Waals surface area contributed by atoms with Gasteiger partial charge in [-0.3, -0.25) is 4.79 Å². The smallest absolute Gasteiger partial charge is 0.193 e. The first-order chi connectivity index (χ1) is 12.8. The fourth-order valence-corrected chi connectivity index (χ4v) is 4.12. The summed E-state index contributed by atoms with van der Waals surface area (Å²) in [4.78, 5) is 17.6. The zero-order valence-electron chi connectivity index (χ0n) is 15.5. The Hall–Kier alpha value is -2.29. The Morgan fingerprint density at radius 3 is 1.23 bits per heavy atom. The van der Waals surface area contributed by atoms with E-state index in [1.807, 2.05) is 24.3 Å². The van der Waals surface area contributed by atoms with Crippen molar-refractivity contribution in [2.45, 2.75) is 38.5 Å². The van der Waals surface area contributed by atoms with Crippen molar-refractivity contribution in [2.75, 3.05) is 36.0 Å². The summed E-state index contributed by atoms with van der Waals surface area (Å²) >= 11 is 0. The van der Waals surface area contributed by atoms with Crippen LogP contribution in [0.15, 0.2) is 48.5 Å². The lowest BCUT2D eigenvalue weighted by molar-refractivity contribution is 0.103. The second-order valence-electron chi connectivity index (χ2n) is 7.52. The molecule has 0 spiro atoms. The van der Waals surface area contributed by atoms with Gasteiger partial charge in [-0.15, -0.1) is 0 Å². The first-order valence-corrected chi connectivity index (χ1v) is 10.1. The lowest BCUT2D eigenvalue weighted by atomic mass is 10.0. The summed E-state index contributed by atoms with van der Waals surface area (Å²) in [5.41, 5.74) is 4.02. The van der Waals surface area contributed by atoms with E-state index in [1.165, 1.54) is 49.9 Å². The van der Waals surface area contributed by atoms with Crippen molar-refractivity contribution < 1.29 is 4.79 Å². The van der Waals surface area contributed by atoms with Gasteiger partial charge in [-0.1, -0.05) is 0 Å². The van der Waals surface area contributed by atoms with Crippen molar-refractivity contribution >= 4 is 17.2 Å². The van der Waals surface area contributed by atoms with Crippen LogP contribution in [0.2, 0.25) is 0 Å². The maximum absolute atomic E-state index is 12.8. The van der Waals surface area contributed by atoms with Gasteiger partial charge in [-0.05, 0) is 87.1 Å². The highest BCUT2D eigenvalue weighted by Crippen LogP contribution is 2.23.